The minimum atomic E-state index is -3.13. The van der Waals surface area contributed by atoms with E-state index in [1.807, 2.05) is 6.07 Å². The molecule has 2 saturated heterocycles. The Hall–Kier alpha value is -1.40. The molecule has 2 aliphatic heterocycles. The predicted octanol–water partition coefficient (Wildman–Crippen LogP) is 2.94. The van der Waals surface area contributed by atoms with Gasteiger partial charge in [-0.15, -0.1) is 0 Å². The van der Waals surface area contributed by atoms with E-state index >= 15 is 0 Å². The fourth-order valence-corrected chi connectivity index (χ4v) is 6.39. The summed E-state index contributed by atoms with van der Waals surface area (Å²) in [6.45, 7) is 2.74. The van der Waals surface area contributed by atoms with E-state index in [1.165, 1.54) is 5.56 Å². The Morgan fingerprint density at radius 2 is 1.69 bits per heavy atom. The lowest BCUT2D eigenvalue weighted by atomic mass is 9.65. The maximum absolute atomic E-state index is 13.2. The fourth-order valence-electron chi connectivity index (χ4n) is 5.26. The molecule has 1 spiro atoms. The van der Waals surface area contributed by atoms with Gasteiger partial charge in [0.25, 0.3) is 0 Å². The van der Waals surface area contributed by atoms with Gasteiger partial charge in [-0.25, -0.2) is 12.7 Å². The third-order valence-electron chi connectivity index (χ3n) is 6.65. The first-order valence-electron chi connectivity index (χ1n) is 9.85. The van der Waals surface area contributed by atoms with Crippen molar-refractivity contribution < 1.29 is 13.2 Å². The van der Waals surface area contributed by atoms with E-state index in [9.17, 15) is 13.2 Å². The van der Waals surface area contributed by atoms with Gasteiger partial charge in [-0.3, -0.25) is 4.79 Å². The molecule has 1 amide bonds. The van der Waals surface area contributed by atoms with E-state index in [2.05, 4.69) is 29.2 Å². The molecule has 5 nitrogen and oxygen atoms in total. The molecule has 1 aliphatic carbocycles. The molecule has 6 heteroatoms. The predicted molar refractivity (Wildman–Crippen MR) is 101 cm³/mol. The molecule has 1 aromatic rings. The number of carbonyl (C=O) groups is 1. The van der Waals surface area contributed by atoms with E-state index < -0.39 is 10.0 Å². The lowest BCUT2D eigenvalue weighted by molar-refractivity contribution is -0.180. The van der Waals surface area contributed by atoms with Crippen molar-refractivity contribution in [2.24, 2.45) is 5.41 Å². The summed E-state index contributed by atoms with van der Waals surface area (Å²) >= 11 is 0. The van der Waals surface area contributed by atoms with Crippen molar-refractivity contribution in [3.63, 3.8) is 0 Å². The van der Waals surface area contributed by atoms with Gasteiger partial charge in [0.05, 0.1) is 17.2 Å². The van der Waals surface area contributed by atoms with Crippen molar-refractivity contribution in [1.82, 2.24) is 9.21 Å². The van der Waals surface area contributed by atoms with Crippen LogP contribution in [0.2, 0.25) is 0 Å². The van der Waals surface area contributed by atoms with Crippen molar-refractivity contribution in [3.8, 4) is 0 Å². The molecule has 1 aromatic carbocycles. The highest BCUT2D eigenvalue weighted by atomic mass is 32.2. The Bertz CT molecular complexity index is 764. The van der Waals surface area contributed by atoms with Crippen LogP contribution >= 0.6 is 0 Å². The Kier molecular flexibility index (Phi) is 4.59. The summed E-state index contributed by atoms with van der Waals surface area (Å²) in [4.78, 5) is 15.3. The highest BCUT2D eigenvalue weighted by Gasteiger charge is 2.63. The van der Waals surface area contributed by atoms with Gasteiger partial charge in [-0.2, -0.15) is 0 Å². The molecule has 3 fully saturated rings. The number of benzene rings is 1. The first kappa shape index (κ1) is 18.0. The van der Waals surface area contributed by atoms with Crippen LogP contribution in [0, 0.1) is 5.41 Å². The number of β-lactam (4-membered cyclic amide) rings is 1. The summed E-state index contributed by atoms with van der Waals surface area (Å²) in [5, 5.41) is 0. The molecule has 4 rings (SSSR count). The van der Waals surface area contributed by atoms with Gasteiger partial charge in [-0.05, 0) is 38.2 Å². The topological polar surface area (TPSA) is 57.7 Å². The van der Waals surface area contributed by atoms with Gasteiger partial charge in [0, 0.05) is 19.1 Å². The minimum absolute atomic E-state index is 0.149. The Balaban J connectivity index is 1.55. The van der Waals surface area contributed by atoms with Gasteiger partial charge in [0.2, 0.25) is 15.9 Å². The second-order valence-electron chi connectivity index (χ2n) is 7.92. The van der Waals surface area contributed by atoms with Crippen molar-refractivity contribution >= 4 is 15.9 Å². The molecule has 1 unspecified atom stereocenters. The summed E-state index contributed by atoms with van der Waals surface area (Å²) in [6.07, 6.45) is 5.73. The van der Waals surface area contributed by atoms with E-state index in [4.69, 9.17) is 0 Å². The quantitative estimate of drug-likeness (QED) is 0.759. The molecule has 0 bridgehead atoms. The number of carbonyl (C=O) groups excluding carboxylic acids is 1. The summed E-state index contributed by atoms with van der Waals surface area (Å²) in [5.41, 5.74) is 1.03. The van der Waals surface area contributed by atoms with E-state index in [-0.39, 0.29) is 23.3 Å². The van der Waals surface area contributed by atoms with Crippen molar-refractivity contribution in [1.29, 1.82) is 0 Å². The van der Waals surface area contributed by atoms with Crippen LogP contribution in [0.4, 0.5) is 0 Å². The zero-order valence-corrected chi connectivity index (χ0v) is 16.2. The number of piperidine rings is 1. The molecule has 26 heavy (non-hydrogen) atoms. The molecule has 142 valence electrons. The van der Waals surface area contributed by atoms with Crippen LogP contribution in [0.1, 0.15) is 57.1 Å². The Labute approximate surface area is 156 Å². The molecule has 1 saturated carbocycles. The fraction of sp³-hybridized carbons (Fsp3) is 0.650. The monoisotopic (exact) mass is 376 g/mol. The van der Waals surface area contributed by atoms with E-state index in [1.54, 1.807) is 11.2 Å². The second-order valence-corrected chi connectivity index (χ2v) is 10.2. The van der Waals surface area contributed by atoms with Crippen LogP contribution in [-0.2, 0) is 14.8 Å². The second kappa shape index (κ2) is 6.64. The minimum Gasteiger partial charge on any atom is -0.331 e. The lowest BCUT2D eigenvalue weighted by Gasteiger charge is -2.59. The summed E-state index contributed by atoms with van der Waals surface area (Å²) < 4.78 is 25.8. The molecule has 0 aromatic heterocycles. The van der Waals surface area contributed by atoms with E-state index in [0.29, 0.717) is 19.0 Å². The smallest absolute Gasteiger partial charge is 0.232 e. The largest absolute Gasteiger partial charge is 0.331 e. The standard InChI is InChI=1S/C20H28N2O3S/c1-2-26(24,25)21-14-10-17(11-15-21)22-18(16-8-4-3-5-9-16)20(19(22)23)12-6-7-13-20/h3-5,8-9,17-18H,2,6-7,10-15H2,1H3. The van der Waals surface area contributed by atoms with Crippen LogP contribution < -0.4 is 0 Å². The molecule has 2 heterocycles. The van der Waals surface area contributed by atoms with Crippen molar-refractivity contribution in [2.75, 3.05) is 18.8 Å². The number of hydrogen-bond donors (Lipinski definition) is 0. The third-order valence-corrected chi connectivity index (χ3v) is 8.53. The van der Waals surface area contributed by atoms with Gasteiger partial charge >= 0.3 is 0 Å². The van der Waals surface area contributed by atoms with Crippen LogP contribution in [0.15, 0.2) is 30.3 Å². The van der Waals surface area contributed by atoms with Crippen molar-refractivity contribution in [2.45, 2.75) is 57.5 Å². The zero-order valence-electron chi connectivity index (χ0n) is 15.4. The van der Waals surface area contributed by atoms with Gasteiger partial charge < -0.3 is 4.90 Å². The molecule has 0 radical (unpaired) electrons. The first-order chi connectivity index (χ1) is 12.5. The maximum Gasteiger partial charge on any atom is 0.232 e. The Morgan fingerprint density at radius 3 is 2.27 bits per heavy atom. The number of amides is 1. The maximum atomic E-state index is 13.2. The summed E-state index contributed by atoms with van der Waals surface area (Å²) in [5.74, 6) is 0.455. The molecule has 3 aliphatic rings. The number of sulfonamides is 1. The van der Waals surface area contributed by atoms with Gasteiger partial charge in [-0.1, -0.05) is 43.2 Å². The van der Waals surface area contributed by atoms with Gasteiger partial charge in [0.15, 0.2) is 0 Å². The SMILES string of the molecule is CCS(=O)(=O)N1CCC(N2C(=O)C3(CCCC3)C2c2ccccc2)CC1. The molecule has 0 N–H and O–H groups in total. The summed E-state index contributed by atoms with van der Waals surface area (Å²) in [7, 11) is -3.13. The molecular formula is C20H28N2O3S. The highest BCUT2D eigenvalue weighted by molar-refractivity contribution is 7.89. The summed E-state index contributed by atoms with van der Waals surface area (Å²) in [6, 6.07) is 10.7. The van der Waals surface area contributed by atoms with Crippen LogP contribution in [0.5, 0.6) is 0 Å². The lowest BCUT2D eigenvalue weighted by Crippen LogP contribution is -2.66. The average Bonchev–Trinajstić information content (AvgIpc) is 3.19. The zero-order chi connectivity index (χ0) is 18.4. The number of rotatable bonds is 4. The normalized spacial score (nSPS) is 27.0. The number of likely N-dealkylation sites (tertiary alicyclic amines) is 1. The average molecular weight is 377 g/mol. The van der Waals surface area contributed by atoms with Gasteiger partial charge in [0.1, 0.15) is 0 Å². The first-order valence-corrected chi connectivity index (χ1v) is 11.5. The van der Waals surface area contributed by atoms with Crippen LogP contribution in [0.25, 0.3) is 0 Å². The number of hydrogen-bond acceptors (Lipinski definition) is 3. The molecular weight excluding hydrogens is 348 g/mol. The van der Waals surface area contributed by atoms with Crippen LogP contribution in [-0.4, -0.2) is 48.4 Å². The third kappa shape index (κ3) is 2.69. The number of nitrogens with zero attached hydrogens (tertiary/aromatic N) is 2. The molecule has 1 atom stereocenters. The van der Waals surface area contributed by atoms with Crippen LogP contribution in [0.3, 0.4) is 0 Å². The highest BCUT2D eigenvalue weighted by Crippen LogP contribution is 2.60. The Morgan fingerprint density at radius 1 is 1.08 bits per heavy atom. The van der Waals surface area contributed by atoms with Crippen molar-refractivity contribution in [3.05, 3.63) is 35.9 Å². The van der Waals surface area contributed by atoms with E-state index in [0.717, 1.165) is 38.5 Å².